The van der Waals surface area contributed by atoms with Gasteiger partial charge in [-0.3, -0.25) is 0 Å². The van der Waals surface area contributed by atoms with E-state index in [0.29, 0.717) is 0 Å². The Kier molecular flexibility index (Phi) is 7.40. The molecule has 0 fully saturated rings. The SMILES string of the molecule is CC1(C)c2ccccc2N(c2ccc(-c3ccc4c(c3)[Si]3(c5ccccc5Sc5ccccc53)c3ccccc3[SiH]4c3ccccc3)cc2)c2ccccc21. The highest BCUT2D eigenvalue weighted by molar-refractivity contribution is 8.00. The Morgan fingerprint density at radius 2 is 0.964 bits per heavy atom. The molecule has 1 spiro atoms. The fraction of sp³-hybridized carbons (Fsp3) is 0.0588. The van der Waals surface area contributed by atoms with Crippen molar-refractivity contribution in [3.8, 4) is 11.1 Å². The molecule has 0 saturated carbocycles. The minimum absolute atomic E-state index is 0.0823. The van der Waals surface area contributed by atoms with Gasteiger partial charge in [0, 0.05) is 20.9 Å². The Bertz CT molecular complexity index is 2700. The number of rotatable bonds is 3. The summed E-state index contributed by atoms with van der Waals surface area (Å²) in [7, 11) is -4.52. The third-order valence-corrected chi connectivity index (χ3v) is 22.9. The monoisotopic (exact) mass is 753 g/mol. The predicted molar refractivity (Wildman–Crippen MR) is 239 cm³/mol. The molecule has 55 heavy (non-hydrogen) atoms. The lowest BCUT2D eigenvalue weighted by Crippen LogP contribution is -2.87. The Labute approximate surface area is 330 Å². The van der Waals surface area contributed by atoms with Crippen LogP contribution in [-0.2, 0) is 5.41 Å². The fourth-order valence-electron chi connectivity index (χ4n) is 10.0. The van der Waals surface area contributed by atoms with Crippen LogP contribution in [0, 0.1) is 0 Å². The highest BCUT2D eigenvalue weighted by Crippen LogP contribution is 2.51. The normalized spacial score (nSPS) is 16.5. The maximum Gasteiger partial charge on any atom is 0.181 e. The molecule has 1 unspecified atom stereocenters. The summed E-state index contributed by atoms with van der Waals surface area (Å²) >= 11 is 1.94. The summed E-state index contributed by atoms with van der Waals surface area (Å²) in [6.45, 7) is 4.70. The van der Waals surface area contributed by atoms with E-state index >= 15 is 0 Å². The summed E-state index contributed by atoms with van der Waals surface area (Å²) in [5.41, 5.74) is 8.84. The van der Waals surface area contributed by atoms with Gasteiger partial charge in [0.05, 0.1) is 11.4 Å². The number of anilines is 3. The largest absolute Gasteiger partial charge is 0.310 e. The molecular weight excluding hydrogens is 715 g/mol. The number of benzene rings is 8. The molecule has 0 saturated heterocycles. The van der Waals surface area contributed by atoms with Crippen LogP contribution in [0.15, 0.2) is 204 Å². The molecule has 4 heteroatoms. The molecule has 0 aromatic heterocycles. The predicted octanol–water partition coefficient (Wildman–Crippen LogP) is 7.87. The molecule has 1 nitrogen and oxygen atoms in total. The minimum Gasteiger partial charge on any atom is -0.310 e. The summed E-state index contributed by atoms with van der Waals surface area (Å²) in [5, 5.41) is 10.8. The molecule has 262 valence electrons. The van der Waals surface area contributed by atoms with Gasteiger partial charge >= 0.3 is 0 Å². The van der Waals surface area contributed by atoms with Crippen molar-refractivity contribution in [2.75, 3.05) is 4.90 Å². The van der Waals surface area contributed by atoms with Gasteiger partial charge in [0.15, 0.2) is 8.07 Å². The average molecular weight is 754 g/mol. The molecule has 0 N–H and O–H groups in total. The van der Waals surface area contributed by atoms with Crippen molar-refractivity contribution in [3.63, 3.8) is 0 Å². The first kappa shape index (κ1) is 32.7. The molecule has 0 radical (unpaired) electrons. The van der Waals surface area contributed by atoms with Crippen LogP contribution in [0.1, 0.15) is 25.0 Å². The van der Waals surface area contributed by atoms with E-state index < -0.39 is 16.9 Å². The van der Waals surface area contributed by atoms with Crippen LogP contribution in [0.2, 0.25) is 0 Å². The molecule has 3 aliphatic heterocycles. The van der Waals surface area contributed by atoms with Gasteiger partial charge in [-0.25, -0.2) is 0 Å². The van der Waals surface area contributed by atoms with Gasteiger partial charge in [-0.2, -0.15) is 0 Å². The zero-order valence-electron chi connectivity index (χ0n) is 30.9. The number of para-hydroxylation sites is 2. The highest BCUT2D eigenvalue weighted by Gasteiger charge is 2.53. The number of nitrogens with zero attached hydrogens (tertiary/aromatic N) is 1. The maximum atomic E-state index is 2.62. The lowest BCUT2D eigenvalue weighted by molar-refractivity contribution is 0.632. The van der Waals surface area contributed by atoms with Crippen LogP contribution < -0.4 is 41.2 Å². The van der Waals surface area contributed by atoms with E-state index in [1.54, 1.807) is 20.7 Å². The van der Waals surface area contributed by atoms with E-state index in [1.165, 1.54) is 64.7 Å². The van der Waals surface area contributed by atoms with E-state index in [0.717, 1.165) is 0 Å². The third-order valence-electron chi connectivity index (χ3n) is 12.5. The lowest BCUT2D eigenvalue weighted by Gasteiger charge is -2.46. The van der Waals surface area contributed by atoms with Crippen molar-refractivity contribution in [1.29, 1.82) is 0 Å². The first-order valence-electron chi connectivity index (χ1n) is 19.3. The summed E-state index contributed by atoms with van der Waals surface area (Å²) in [6, 6.07) is 74.2. The van der Waals surface area contributed by atoms with Crippen LogP contribution in [0.4, 0.5) is 17.1 Å². The Morgan fingerprint density at radius 3 is 1.62 bits per heavy atom. The van der Waals surface area contributed by atoms with E-state index in [9.17, 15) is 0 Å². The number of fused-ring (bicyclic) bond motifs is 10. The fourth-order valence-corrected chi connectivity index (χ4v) is 22.5. The maximum absolute atomic E-state index is 2.72. The van der Waals surface area contributed by atoms with Gasteiger partial charge in [0.25, 0.3) is 0 Å². The second-order valence-electron chi connectivity index (χ2n) is 15.6. The molecular formula is C51H39NSSi2. The standard InChI is InChI=1S/C51H39NSSi2/c1-51(2)39-18-6-8-20-41(39)52(42-21-9-7-19-40(42)51)37-31-28-35(29-32-37)36-30-33-46-50(34-36)55(47-25-13-10-22-43(47)53-44-23-11-14-26-48(44)55)49-27-15-12-24-45(49)54(46)38-16-4-3-5-17-38/h3-34,54H,1-2H3. The van der Waals surface area contributed by atoms with Crippen LogP contribution in [0.25, 0.3) is 11.1 Å². The molecule has 0 aliphatic carbocycles. The molecule has 3 aliphatic rings. The van der Waals surface area contributed by atoms with Gasteiger partial charge in [-0.05, 0) is 79.4 Å². The van der Waals surface area contributed by atoms with Crippen molar-refractivity contribution in [2.24, 2.45) is 0 Å². The van der Waals surface area contributed by atoms with Crippen molar-refractivity contribution in [2.45, 2.75) is 29.1 Å². The van der Waals surface area contributed by atoms with Crippen LogP contribution in [0.5, 0.6) is 0 Å². The van der Waals surface area contributed by atoms with Gasteiger partial charge in [0.2, 0.25) is 0 Å². The topological polar surface area (TPSA) is 3.24 Å². The van der Waals surface area contributed by atoms with Crippen LogP contribution in [-0.4, -0.2) is 16.9 Å². The minimum atomic E-state index is -2.72. The van der Waals surface area contributed by atoms with E-state index in [2.05, 4.69) is 213 Å². The summed E-state index contributed by atoms with van der Waals surface area (Å²) < 4.78 is 0. The first-order valence-corrected chi connectivity index (χ1v) is 23.9. The Balaban J connectivity index is 1.13. The first-order chi connectivity index (χ1) is 27.0. The molecule has 1 atom stereocenters. The second kappa shape index (κ2) is 12.4. The number of hydrogen-bond acceptors (Lipinski definition) is 2. The van der Waals surface area contributed by atoms with Gasteiger partial charge in [0.1, 0.15) is 8.80 Å². The van der Waals surface area contributed by atoms with E-state index in [4.69, 9.17) is 0 Å². The van der Waals surface area contributed by atoms with Crippen molar-refractivity contribution in [3.05, 3.63) is 205 Å². The molecule has 8 aromatic carbocycles. The van der Waals surface area contributed by atoms with Crippen molar-refractivity contribution in [1.82, 2.24) is 0 Å². The van der Waals surface area contributed by atoms with E-state index in [-0.39, 0.29) is 5.41 Å². The van der Waals surface area contributed by atoms with Gasteiger partial charge < -0.3 is 4.90 Å². The summed E-state index contributed by atoms with van der Waals surface area (Å²) in [6.07, 6.45) is 0. The van der Waals surface area contributed by atoms with Crippen molar-refractivity contribution < 1.29 is 0 Å². The highest BCUT2D eigenvalue weighted by atomic mass is 32.2. The van der Waals surface area contributed by atoms with Crippen LogP contribution >= 0.6 is 11.8 Å². The van der Waals surface area contributed by atoms with Gasteiger partial charge in [-0.1, -0.05) is 199 Å². The average Bonchev–Trinajstić information content (AvgIpc) is 3.24. The van der Waals surface area contributed by atoms with Crippen LogP contribution in [0.3, 0.4) is 0 Å². The smallest absolute Gasteiger partial charge is 0.181 e. The lowest BCUT2D eigenvalue weighted by atomic mass is 9.73. The second-order valence-corrected chi connectivity index (χ2v) is 23.1. The Hall–Kier alpha value is -5.66. The zero-order chi connectivity index (χ0) is 36.7. The third kappa shape index (κ3) is 4.72. The number of hydrogen-bond donors (Lipinski definition) is 0. The molecule has 11 rings (SSSR count). The molecule has 0 amide bonds. The van der Waals surface area contributed by atoms with E-state index in [1.807, 2.05) is 11.8 Å². The molecule has 8 aromatic rings. The Morgan fingerprint density at radius 1 is 0.455 bits per heavy atom. The quantitative estimate of drug-likeness (QED) is 0.169. The molecule has 0 bridgehead atoms. The van der Waals surface area contributed by atoms with Crippen molar-refractivity contribution >= 4 is 82.0 Å². The van der Waals surface area contributed by atoms with Gasteiger partial charge in [-0.15, -0.1) is 0 Å². The molecule has 3 heterocycles. The summed E-state index contributed by atoms with van der Waals surface area (Å²) in [5.74, 6) is 0. The summed E-state index contributed by atoms with van der Waals surface area (Å²) in [4.78, 5) is 5.25. The zero-order valence-corrected chi connectivity index (χ0v) is 33.9.